The molecule has 0 unspecified atom stereocenters. The second-order valence-corrected chi connectivity index (χ2v) is 9.17. The molecule has 1 amide bonds. The maximum atomic E-state index is 12.6. The van der Waals surface area contributed by atoms with Gasteiger partial charge in [-0.25, -0.2) is 8.42 Å². The normalized spacial score (nSPS) is 11.0. The summed E-state index contributed by atoms with van der Waals surface area (Å²) in [7, 11) is -2.38. The number of nitrogens with one attached hydrogen (secondary N) is 2. The Morgan fingerprint density at radius 2 is 1.72 bits per heavy atom. The van der Waals surface area contributed by atoms with Crippen LogP contribution in [0.3, 0.4) is 0 Å². The zero-order valence-corrected chi connectivity index (χ0v) is 19.5. The minimum absolute atomic E-state index is 0.0239. The van der Waals surface area contributed by atoms with Gasteiger partial charge in [-0.05, 0) is 67.1 Å². The van der Waals surface area contributed by atoms with Gasteiger partial charge in [0.25, 0.3) is 15.9 Å². The first-order chi connectivity index (χ1) is 15.2. The van der Waals surface area contributed by atoms with Crippen molar-refractivity contribution in [3.63, 3.8) is 0 Å². The van der Waals surface area contributed by atoms with Crippen LogP contribution in [-0.2, 0) is 14.8 Å². The Morgan fingerprint density at radius 1 is 1.00 bits per heavy atom. The number of carbonyl (C=O) groups is 1. The van der Waals surface area contributed by atoms with Crippen LogP contribution in [-0.4, -0.2) is 28.0 Å². The Hall–Kier alpha value is -2.94. The monoisotopic (exact) mass is 494 g/mol. The first kappa shape index (κ1) is 23.7. The summed E-state index contributed by atoms with van der Waals surface area (Å²) in [4.78, 5) is 12.2. The fourth-order valence-corrected chi connectivity index (χ4v) is 4.22. The zero-order chi connectivity index (χ0) is 23.3. The highest BCUT2D eigenvalue weighted by atomic mass is 35.5. The fraction of sp³-hybridized carbons (Fsp3) is 0.136. The summed E-state index contributed by atoms with van der Waals surface area (Å²) in [6, 6.07) is 15.4. The number of sulfonamides is 1. The van der Waals surface area contributed by atoms with Crippen molar-refractivity contribution in [2.24, 2.45) is 0 Å². The highest BCUT2D eigenvalue weighted by Gasteiger charge is 2.15. The summed E-state index contributed by atoms with van der Waals surface area (Å²) in [6.45, 7) is 1.55. The van der Waals surface area contributed by atoms with Crippen LogP contribution < -0.4 is 19.5 Å². The lowest BCUT2D eigenvalue weighted by atomic mass is 10.2. The molecule has 0 saturated heterocycles. The van der Waals surface area contributed by atoms with Crippen molar-refractivity contribution in [2.75, 3.05) is 23.8 Å². The van der Waals surface area contributed by atoms with Gasteiger partial charge in [0.1, 0.15) is 11.5 Å². The quantitative estimate of drug-likeness (QED) is 0.452. The number of amides is 1. The Labute approximate surface area is 196 Å². The van der Waals surface area contributed by atoms with Gasteiger partial charge in [-0.3, -0.25) is 9.52 Å². The number of hydrogen-bond donors (Lipinski definition) is 2. The average Bonchev–Trinajstić information content (AvgIpc) is 2.76. The van der Waals surface area contributed by atoms with E-state index < -0.39 is 10.0 Å². The van der Waals surface area contributed by atoms with Crippen LogP contribution in [0, 0.1) is 6.92 Å². The summed E-state index contributed by atoms with van der Waals surface area (Å²) in [5.41, 5.74) is 1.64. The number of carbonyl (C=O) groups excluding carboxylic acids is 1. The predicted octanol–water partition coefficient (Wildman–Crippen LogP) is 5.13. The highest BCUT2D eigenvalue weighted by molar-refractivity contribution is 7.92. The lowest BCUT2D eigenvalue weighted by molar-refractivity contribution is -0.118. The van der Waals surface area contributed by atoms with Crippen molar-refractivity contribution < 1.29 is 22.7 Å². The van der Waals surface area contributed by atoms with Gasteiger partial charge >= 0.3 is 0 Å². The van der Waals surface area contributed by atoms with Crippen LogP contribution >= 0.6 is 23.2 Å². The highest BCUT2D eigenvalue weighted by Crippen LogP contribution is 2.29. The van der Waals surface area contributed by atoms with Crippen LogP contribution in [0.15, 0.2) is 65.6 Å². The Kier molecular flexibility index (Phi) is 7.50. The molecule has 0 radical (unpaired) electrons. The van der Waals surface area contributed by atoms with Crippen LogP contribution in [0.5, 0.6) is 11.5 Å². The molecule has 0 aromatic heterocycles. The number of ether oxygens (including phenoxy) is 2. The molecular weight excluding hydrogens is 475 g/mol. The molecule has 0 heterocycles. The summed E-state index contributed by atoms with van der Waals surface area (Å²) < 4.78 is 38.2. The third kappa shape index (κ3) is 5.85. The maximum Gasteiger partial charge on any atom is 0.262 e. The largest absolute Gasteiger partial charge is 0.495 e. The zero-order valence-electron chi connectivity index (χ0n) is 17.2. The molecule has 168 valence electrons. The third-order valence-electron chi connectivity index (χ3n) is 4.45. The molecule has 0 aliphatic rings. The smallest absolute Gasteiger partial charge is 0.262 e. The average molecular weight is 495 g/mol. The molecule has 10 heteroatoms. The molecule has 0 atom stereocenters. The second kappa shape index (κ2) is 10.1. The number of hydrogen-bond acceptors (Lipinski definition) is 5. The first-order valence-electron chi connectivity index (χ1n) is 9.34. The Morgan fingerprint density at radius 3 is 2.38 bits per heavy atom. The van der Waals surface area contributed by atoms with E-state index in [0.29, 0.717) is 27.9 Å². The Balaban J connectivity index is 1.61. The molecule has 32 heavy (non-hydrogen) atoms. The van der Waals surface area contributed by atoms with E-state index in [-0.39, 0.29) is 22.4 Å². The van der Waals surface area contributed by atoms with Gasteiger partial charge in [-0.2, -0.15) is 0 Å². The summed E-state index contributed by atoms with van der Waals surface area (Å²) in [5, 5.41) is 3.55. The van der Waals surface area contributed by atoms with Gasteiger partial charge in [-0.15, -0.1) is 0 Å². The molecule has 2 N–H and O–H groups in total. The van der Waals surface area contributed by atoms with Crippen molar-refractivity contribution in [3.05, 3.63) is 76.3 Å². The number of halogens is 2. The van der Waals surface area contributed by atoms with Gasteiger partial charge in [-0.1, -0.05) is 29.3 Å². The second-order valence-electron chi connectivity index (χ2n) is 6.68. The topological polar surface area (TPSA) is 93.7 Å². The molecule has 3 aromatic carbocycles. The minimum Gasteiger partial charge on any atom is -0.495 e. The van der Waals surface area contributed by atoms with Crippen LogP contribution in [0.25, 0.3) is 0 Å². The van der Waals surface area contributed by atoms with Gasteiger partial charge < -0.3 is 14.8 Å². The SMILES string of the molecule is COc1ccc(NS(=O)(=O)c2ccc(OCC(=O)Nc3cccc(Cl)c3C)cc2)cc1Cl. The van der Waals surface area contributed by atoms with Crippen molar-refractivity contribution >= 4 is 50.5 Å². The third-order valence-corrected chi connectivity index (χ3v) is 6.55. The van der Waals surface area contributed by atoms with Gasteiger partial charge in [0.05, 0.1) is 22.7 Å². The lowest BCUT2D eigenvalue weighted by Gasteiger charge is -2.12. The first-order valence-corrected chi connectivity index (χ1v) is 11.6. The minimum atomic E-state index is -3.84. The van der Waals surface area contributed by atoms with Crippen molar-refractivity contribution in [2.45, 2.75) is 11.8 Å². The molecule has 0 aliphatic carbocycles. The van der Waals surface area contributed by atoms with E-state index in [0.717, 1.165) is 5.56 Å². The van der Waals surface area contributed by atoms with E-state index in [9.17, 15) is 13.2 Å². The molecule has 3 aromatic rings. The van der Waals surface area contributed by atoms with Gasteiger partial charge in [0.15, 0.2) is 6.61 Å². The fourth-order valence-electron chi connectivity index (χ4n) is 2.74. The van der Waals surface area contributed by atoms with E-state index in [2.05, 4.69) is 10.0 Å². The van der Waals surface area contributed by atoms with E-state index in [1.807, 2.05) is 0 Å². The standard InChI is InChI=1S/C22H20Cl2N2O5S/c1-14-18(23)4-3-5-20(14)25-22(27)13-31-16-7-9-17(10-8-16)32(28,29)26-15-6-11-21(30-2)19(24)12-15/h3-12,26H,13H2,1-2H3,(H,25,27). The number of benzene rings is 3. The van der Waals surface area contributed by atoms with Crippen molar-refractivity contribution in [1.29, 1.82) is 0 Å². The molecule has 0 bridgehead atoms. The molecule has 0 aliphatic heterocycles. The Bertz CT molecular complexity index is 1230. The van der Waals surface area contributed by atoms with Gasteiger partial charge in [0, 0.05) is 10.7 Å². The van der Waals surface area contributed by atoms with Crippen molar-refractivity contribution in [3.8, 4) is 11.5 Å². The predicted molar refractivity (Wildman–Crippen MR) is 126 cm³/mol. The van der Waals surface area contributed by atoms with Crippen molar-refractivity contribution in [1.82, 2.24) is 0 Å². The van der Waals surface area contributed by atoms with E-state index in [4.69, 9.17) is 32.7 Å². The maximum absolute atomic E-state index is 12.6. The molecule has 3 rings (SSSR count). The van der Waals surface area contributed by atoms with Gasteiger partial charge in [0.2, 0.25) is 0 Å². The molecule has 0 saturated carbocycles. The van der Waals surface area contributed by atoms with E-state index in [1.165, 1.54) is 37.4 Å². The summed E-state index contributed by atoms with van der Waals surface area (Å²) >= 11 is 12.1. The number of methoxy groups -OCH3 is 1. The molecular formula is C22H20Cl2N2O5S. The molecule has 7 nitrogen and oxygen atoms in total. The van der Waals surface area contributed by atoms with E-state index in [1.54, 1.807) is 37.3 Å². The van der Waals surface area contributed by atoms with Crippen LogP contribution in [0.2, 0.25) is 10.0 Å². The molecule has 0 spiro atoms. The molecule has 0 fully saturated rings. The lowest BCUT2D eigenvalue weighted by Crippen LogP contribution is -2.20. The number of anilines is 2. The number of rotatable bonds is 8. The summed E-state index contributed by atoms with van der Waals surface area (Å²) in [5.74, 6) is 0.408. The van der Waals surface area contributed by atoms with E-state index >= 15 is 0 Å². The summed E-state index contributed by atoms with van der Waals surface area (Å²) in [6.07, 6.45) is 0. The van der Waals surface area contributed by atoms with Crippen LogP contribution in [0.1, 0.15) is 5.56 Å². The van der Waals surface area contributed by atoms with Crippen LogP contribution in [0.4, 0.5) is 11.4 Å².